The van der Waals surface area contributed by atoms with E-state index in [9.17, 15) is 4.79 Å². The topological polar surface area (TPSA) is 58.6 Å². The minimum absolute atomic E-state index is 0.212. The van der Waals surface area contributed by atoms with Gasteiger partial charge in [0.2, 0.25) is 0 Å². The van der Waals surface area contributed by atoms with Crippen LogP contribution in [0.25, 0.3) is 0 Å². The smallest absolute Gasteiger partial charge is 0.303 e. The van der Waals surface area contributed by atoms with Crippen LogP contribution >= 0.6 is 0 Å². The summed E-state index contributed by atoms with van der Waals surface area (Å²) < 4.78 is 5.40. The molecule has 0 aromatic heterocycles. The normalized spacial score (nSPS) is 15.1. The average Bonchev–Trinajstić information content (AvgIpc) is 2.20. The lowest BCUT2D eigenvalue weighted by atomic mass is 10.0. The lowest BCUT2D eigenvalue weighted by Crippen LogP contribution is -2.43. The molecule has 0 radical (unpaired) electrons. The van der Waals surface area contributed by atoms with Crippen molar-refractivity contribution in [2.75, 3.05) is 13.2 Å². The molecule has 96 valence electrons. The molecule has 0 aliphatic carbocycles. The molecule has 2 unspecified atom stereocenters. The Morgan fingerprint density at radius 2 is 2.00 bits per heavy atom. The fourth-order valence-electron chi connectivity index (χ4n) is 1.47. The van der Waals surface area contributed by atoms with Gasteiger partial charge in [-0.2, -0.15) is 0 Å². The molecule has 0 heterocycles. The summed E-state index contributed by atoms with van der Waals surface area (Å²) in [6.07, 6.45) is 0.873. The number of hydrogen-bond donors (Lipinski definition) is 2. The van der Waals surface area contributed by atoms with E-state index in [4.69, 9.17) is 9.84 Å². The second kappa shape index (κ2) is 8.53. The van der Waals surface area contributed by atoms with Crippen molar-refractivity contribution in [3.8, 4) is 0 Å². The zero-order valence-corrected chi connectivity index (χ0v) is 10.8. The predicted octanol–water partition coefficient (Wildman–Crippen LogP) is 1.89. The number of carboxylic acid groups (broad SMARTS) is 1. The van der Waals surface area contributed by atoms with Crippen molar-refractivity contribution < 1.29 is 14.6 Å². The molecule has 0 spiro atoms. The van der Waals surface area contributed by atoms with Gasteiger partial charge in [0.05, 0.1) is 6.61 Å². The van der Waals surface area contributed by atoms with Crippen LogP contribution in [-0.2, 0) is 9.53 Å². The largest absolute Gasteiger partial charge is 0.481 e. The monoisotopic (exact) mass is 231 g/mol. The van der Waals surface area contributed by atoms with E-state index in [0.29, 0.717) is 31.6 Å². The van der Waals surface area contributed by atoms with Gasteiger partial charge in [0.15, 0.2) is 0 Å². The summed E-state index contributed by atoms with van der Waals surface area (Å²) in [4.78, 5) is 10.4. The Hall–Kier alpha value is -0.610. The van der Waals surface area contributed by atoms with Crippen molar-refractivity contribution >= 4 is 5.97 Å². The standard InChI is InChI=1S/C12H25NO3/c1-5-16-8-11(9(2)3)13-10(4)6-7-12(14)15/h9-11,13H,5-8H2,1-4H3,(H,14,15). The minimum Gasteiger partial charge on any atom is -0.481 e. The Morgan fingerprint density at radius 1 is 1.38 bits per heavy atom. The molecular formula is C12H25NO3. The maximum absolute atomic E-state index is 10.4. The van der Waals surface area contributed by atoms with Crippen LogP contribution in [0, 0.1) is 5.92 Å². The minimum atomic E-state index is -0.737. The Morgan fingerprint density at radius 3 is 2.44 bits per heavy atom. The van der Waals surface area contributed by atoms with Crippen LogP contribution in [0.1, 0.15) is 40.5 Å². The number of carboxylic acids is 1. The Labute approximate surface area is 98.4 Å². The molecule has 0 fully saturated rings. The Kier molecular flexibility index (Phi) is 8.21. The van der Waals surface area contributed by atoms with Gasteiger partial charge in [0, 0.05) is 25.1 Å². The van der Waals surface area contributed by atoms with E-state index in [1.807, 2.05) is 13.8 Å². The molecule has 0 rings (SSSR count). The Balaban J connectivity index is 3.92. The first-order valence-corrected chi connectivity index (χ1v) is 6.02. The predicted molar refractivity (Wildman–Crippen MR) is 64.6 cm³/mol. The van der Waals surface area contributed by atoms with Crippen LogP contribution in [0.2, 0.25) is 0 Å². The van der Waals surface area contributed by atoms with Crippen LogP contribution in [-0.4, -0.2) is 36.4 Å². The second-order valence-electron chi connectivity index (χ2n) is 4.51. The molecule has 16 heavy (non-hydrogen) atoms. The molecule has 0 aliphatic rings. The van der Waals surface area contributed by atoms with E-state index >= 15 is 0 Å². The van der Waals surface area contributed by atoms with Gasteiger partial charge in [-0.15, -0.1) is 0 Å². The summed E-state index contributed by atoms with van der Waals surface area (Å²) in [6, 6.07) is 0.507. The molecule has 2 atom stereocenters. The van der Waals surface area contributed by atoms with Gasteiger partial charge in [-0.1, -0.05) is 13.8 Å². The molecule has 0 bridgehead atoms. The first kappa shape index (κ1) is 15.4. The van der Waals surface area contributed by atoms with Gasteiger partial charge in [-0.05, 0) is 26.2 Å². The summed E-state index contributed by atoms with van der Waals surface area (Å²) >= 11 is 0. The third kappa shape index (κ3) is 7.65. The highest BCUT2D eigenvalue weighted by Crippen LogP contribution is 2.06. The van der Waals surface area contributed by atoms with E-state index < -0.39 is 5.97 Å². The lowest BCUT2D eigenvalue weighted by Gasteiger charge is -2.26. The summed E-state index contributed by atoms with van der Waals surface area (Å²) in [5.41, 5.74) is 0. The zero-order chi connectivity index (χ0) is 12.6. The van der Waals surface area contributed by atoms with Gasteiger partial charge >= 0.3 is 5.97 Å². The van der Waals surface area contributed by atoms with Crippen molar-refractivity contribution in [1.82, 2.24) is 5.32 Å². The fraction of sp³-hybridized carbons (Fsp3) is 0.917. The summed E-state index contributed by atoms with van der Waals surface area (Å²) in [5, 5.41) is 12.0. The van der Waals surface area contributed by atoms with E-state index in [1.165, 1.54) is 0 Å². The summed E-state index contributed by atoms with van der Waals surface area (Å²) in [7, 11) is 0. The van der Waals surface area contributed by atoms with Crippen LogP contribution in [0.4, 0.5) is 0 Å². The molecule has 0 aliphatic heterocycles. The van der Waals surface area contributed by atoms with Crippen molar-refractivity contribution in [3.05, 3.63) is 0 Å². The first-order chi connectivity index (χ1) is 7.47. The molecule has 4 heteroatoms. The molecule has 2 N–H and O–H groups in total. The van der Waals surface area contributed by atoms with Crippen molar-refractivity contribution in [2.45, 2.75) is 52.6 Å². The number of hydrogen-bond acceptors (Lipinski definition) is 3. The maximum Gasteiger partial charge on any atom is 0.303 e. The highest BCUT2D eigenvalue weighted by atomic mass is 16.5. The van der Waals surface area contributed by atoms with Gasteiger partial charge in [0.25, 0.3) is 0 Å². The van der Waals surface area contributed by atoms with Crippen LogP contribution in [0.5, 0.6) is 0 Å². The molecule has 0 aromatic rings. The first-order valence-electron chi connectivity index (χ1n) is 6.02. The summed E-state index contributed by atoms with van der Waals surface area (Å²) in [6.45, 7) is 9.68. The number of nitrogens with one attached hydrogen (secondary N) is 1. The number of rotatable bonds is 9. The molecule has 0 saturated carbocycles. The van der Waals surface area contributed by atoms with Gasteiger partial charge < -0.3 is 15.2 Å². The highest BCUT2D eigenvalue weighted by Gasteiger charge is 2.16. The molecule has 4 nitrogen and oxygen atoms in total. The van der Waals surface area contributed by atoms with Crippen molar-refractivity contribution in [3.63, 3.8) is 0 Å². The van der Waals surface area contributed by atoms with Crippen molar-refractivity contribution in [2.24, 2.45) is 5.92 Å². The number of ether oxygens (including phenoxy) is 1. The maximum atomic E-state index is 10.4. The summed E-state index contributed by atoms with van der Waals surface area (Å²) in [5.74, 6) is -0.251. The van der Waals surface area contributed by atoms with E-state index in [-0.39, 0.29) is 12.5 Å². The van der Waals surface area contributed by atoms with Crippen molar-refractivity contribution in [1.29, 1.82) is 0 Å². The quantitative estimate of drug-likeness (QED) is 0.636. The average molecular weight is 231 g/mol. The molecular weight excluding hydrogens is 206 g/mol. The third-order valence-corrected chi connectivity index (χ3v) is 2.60. The van der Waals surface area contributed by atoms with E-state index in [2.05, 4.69) is 19.2 Å². The molecule has 0 aromatic carbocycles. The SMILES string of the molecule is CCOCC(NC(C)CCC(=O)O)C(C)C. The zero-order valence-electron chi connectivity index (χ0n) is 10.8. The van der Waals surface area contributed by atoms with Gasteiger partial charge in [-0.25, -0.2) is 0 Å². The number of carbonyl (C=O) groups is 1. The second-order valence-corrected chi connectivity index (χ2v) is 4.51. The highest BCUT2D eigenvalue weighted by molar-refractivity contribution is 5.66. The van der Waals surface area contributed by atoms with E-state index in [0.717, 1.165) is 0 Å². The Bertz CT molecular complexity index is 195. The van der Waals surface area contributed by atoms with Crippen LogP contribution in [0.15, 0.2) is 0 Å². The number of aliphatic carboxylic acids is 1. The third-order valence-electron chi connectivity index (χ3n) is 2.60. The molecule has 0 amide bonds. The molecule has 0 saturated heterocycles. The van der Waals surface area contributed by atoms with Gasteiger partial charge in [0.1, 0.15) is 0 Å². The fourth-order valence-corrected chi connectivity index (χ4v) is 1.47. The van der Waals surface area contributed by atoms with Gasteiger partial charge in [-0.3, -0.25) is 4.79 Å². The van der Waals surface area contributed by atoms with E-state index in [1.54, 1.807) is 0 Å². The van der Waals surface area contributed by atoms with Crippen LogP contribution < -0.4 is 5.32 Å². The lowest BCUT2D eigenvalue weighted by molar-refractivity contribution is -0.137. The van der Waals surface area contributed by atoms with Crippen LogP contribution in [0.3, 0.4) is 0 Å².